The van der Waals surface area contributed by atoms with Gasteiger partial charge in [0.05, 0.1) is 0 Å². The van der Waals surface area contributed by atoms with E-state index in [2.05, 4.69) is 67.5 Å². The van der Waals surface area contributed by atoms with Crippen molar-refractivity contribution in [2.24, 2.45) is 0 Å². The Morgan fingerprint density at radius 1 is 0.451 bits per heavy atom. The van der Waals surface area contributed by atoms with Crippen molar-refractivity contribution >= 4 is 23.3 Å². The summed E-state index contributed by atoms with van der Waals surface area (Å²) in [5.41, 5.74) is -0.912. The number of unbranched alkanes of at least 4 members (excludes halogenated alkanes) is 28. The number of esters is 2. The first-order valence-corrected chi connectivity index (χ1v) is 30.4. The van der Waals surface area contributed by atoms with Gasteiger partial charge < -0.3 is 25.0 Å². The maximum absolute atomic E-state index is 14.3. The first-order valence-electron chi connectivity index (χ1n) is 30.4. The van der Waals surface area contributed by atoms with Gasteiger partial charge in [0.15, 0.2) is 0 Å². The Kier molecular flexibility index (Phi) is 44.7. The molecule has 0 heterocycles. The van der Waals surface area contributed by atoms with Crippen molar-refractivity contribution in [2.45, 2.75) is 309 Å². The molecule has 0 aliphatic carbocycles. The number of nitrogens with zero attached hydrogens (tertiary/aromatic N) is 1. The normalized spacial score (nSPS) is 13.2. The molecule has 0 aromatic heterocycles. The summed E-state index contributed by atoms with van der Waals surface area (Å²) in [4.78, 5) is 56.0. The number of allylic oxidation sites excluding steroid dienone is 4. The van der Waals surface area contributed by atoms with Crippen molar-refractivity contribution in [3.05, 3.63) is 44.8 Å². The van der Waals surface area contributed by atoms with E-state index in [4.69, 9.17) is 9.47 Å². The molecule has 0 aliphatic rings. The molecular formula is C62H113N3O6. The molecule has 0 amide bonds. The average molecular weight is 997 g/mol. The summed E-state index contributed by atoms with van der Waals surface area (Å²) < 4.78 is 12.6. The van der Waals surface area contributed by atoms with Gasteiger partial charge in [-0.3, -0.25) is 14.4 Å². The molecule has 0 aliphatic heterocycles. The van der Waals surface area contributed by atoms with E-state index in [1.54, 1.807) is 0 Å². The Balaban J connectivity index is 3.07. The molecule has 1 aromatic rings. The largest absolute Gasteiger partial charge is 0.462 e. The van der Waals surface area contributed by atoms with E-state index in [1.807, 2.05) is 14.1 Å². The second kappa shape index (κ2) is 48.0. The Hall–Kier alpha value is -2.94. The second-order valence-corrected chi connectivity index (χ2v) is 21.3. The van der Waals surface area contributed by atoms with Crippen LogP contribution in [0.15, 0.2) is 33.9 Å². The third kappa shape index (κ3) is 37.5. The van der Waals surface area contributed by atoms with Gasteiger partial charge in [-0.2, -0.15) is 0 Å². The zero-order chi connectivity index (χ0) is 51.8. The molecule has 3 atom stereocenters. The van der Waals surface area contributed by atoms with Crippen LogP contribution in [0.3, 0.4) is 0 Å². The molecule has 2 unspecified atom stereocenters. The molecule has 2 N–H and O–H groups in total. The molecule has 0 bridgehead atoms. The molecule has 9 heteroatoms. The molecule has 9 nitrogen and oxygen atoms in total. The summed E-state index contributed by atoms with van der Waals surface area (Å²) >= 11 is 0. The lowest BCUT2D eigenvalue weighted by molar-refractivity contribution is -0.152. The summed E-state index contributed by atoms with van der Waals surface area (Å²) in [7, 11) is 3.99. The first kappa shape index (κ1) is 66.1. The summed E-state index contributed by atoms with van der Waals surface area (Å²) in [5.74, 6) is -0.824. The fourth-order valence-corrected chi connectivity index (χ4v) is 9.49. The number of carbonyl (C=O) groups is 2. The highest BCUT2D eigenvalue weighted by molar-refractivity contribution is 5.84. The third-order valence-corrected chi connectivity index (χ3v) is 14.2. The SMILES string of the molecule is CCCCC/C=C\CCC(CCCCCCCCCCCCCC)OC(=O)CC[C@H](Nc1c(NCCCN(C)C)c(=O)c1=O)C(=O)OC(CC/C=C\CCCCC)CCCCCCCCCCCCCC. The van der Waals surface area contributed by atoms with E-state index >= 15 is 0 Å². The number of anilines is 2. The zero-order valence-corrected chi connectivity index (χ0v) is 47.3. The molecule has 71 heavy (non-hydrogen) atoms. The number of hydrogen-bond acceptors (Lipinski definition) is 9. The fraction of sp³-hybridized carbons (Fsp3) is 0.839. The summed E-state index contributed by atoms with van der Waals surface area (Å²) in [6, 6.07) is -0.983. The standard InChI is InChI=1S/C62H113N3O6/c1-7-11-15-19-23-25-27-29-31-35-39-42-47-54(46-41-37-33-21-17-13-9-3)70-57(66)51-50-56(64-59-58(60(67)61(59)68)63-52-45-53-65(5)6)62(69)71-55(48-43-38-34-22-18-14-10-4)49-44-40-36-32-30-28-26-24-20-16-12-8-2/h33-34,37-38,54-56,63-64H,7-32,35-36,39-53H2,1-6H3/b37-33-,38-34-/t54?,55?,56-/m0/s1. The monoisotopic (exact) mass is 996 g/mol. The van der Waals surface area contributed by atoms with Gasteiger partial charge in [0.25, 0.3) is 10.9 Å². The molecule has 1 rings (SSSR count). The fourth-order valence-electron chi connectivity index (χ4n) is 9.49. The van der Waals surface area contributed by atoms with Gasteiger partial charge in [0.1, 0.15) is 29.6 Å². The minimum atomic E-state index is -0.983. The molecular weight excluding hydrogens is 883 g/mol. The molecule has 1 aromatic carbocycles. The van der Waals surface area contributed by atoms with E-state index < -0.39 is 22.9 Å². The highest BCUT2D eigenvalue weighted by Gasteiger charge is 2.30. The molecule has 0 radical (unpaired) electrons. The van der Waals surface area contributed by atoms with Gasteiger partial charge >= 0.3 is 11.9 Å². The number of carbonyl (C=O) groups excluding carboxylic acids is 2. The van der Waals surface area contributed by atoms with Crippen LogP contribution in [-0.4, -0.2) is 62.3 Å². The lowest BCUT2D eigenvalue weighted by Crippen LogP contribution is -2.43. The van der Waals surface area contributed by atoms with Gasteiger partial charge in [-0.25, -0.2) is 4.79 Å². The number of rotatable bonds is 53. The van der Waals surface area contributed by atoms with E-state index in [-0.39, 0.29) is 42.4 Å². The average Bonchev–Trinajstić information content (AvgIpc) is 3.36. The van der Waals surface area contributed by atoms with Gasteiger partial charge in [-0.15, -0.1) is 0 Å². The minimum Gasteiger partial charge on any atom is -0.462 e. The summed E-state index contributed by atoms with van der Waals surface area (Å²) in [5, 5.41) is 6.28. The molecule has 0 saturated carbocycles. The van der Waals surface area contributed by atoms with Crippen molar-refractivity contribution in [1.82, 2.24) is 4.90 Å². The van der Waals surface area contributed by atoms with Crippen LogP contribution in [0.25, 0.3) is 0 Å². The molecule has 0 saturated heterocycles. The van der Waals surface area contributed by atoms with Crippen LogP contribution in [0.5, 0.6) is 0 Å². The highest BCUT2D eigenvalue weighted by atomic mass is 16.5. The van der Waals surface area contributed by atoms with Crippen LogP contribution < -0.4 is 21.5 Å². The minimum absolute atomic E-state index is 0.000510. The van der Waals surface area contributed by atoms with Crippen molar-refractivity contribution in [1.29, 1.82) is 0 Å². The van der Waals surface area contributed by atoms with Crippen LogP contribution in [0.4, 0.5) is 11.4 Å². The number of hydrogen-bond donors (Lipinski definition) is 2. The van der Waals surface area contributed by atoms with Crippen molar-refractivity contribution in [2.75, 3.05) is 37.8 Å². The van der Waals surface area contributed by atoms with E-state index in [9.17, 15) is 19.2 Å². The van der Waals surface area contributed by atoms with Gasteiger partial charge in [0.2, 0.25) is 0 Å². The van der Waals surface area contributed by atoms with E-state index in [0.29, 0.717) is 6.54 Å². The maximum Gasteiger partial charge on any atom is 0.328 e. The Morgan fingerprint density at radius 2 is 0.831 bits per heavy atom. The van der Waals surface area contributed by atoms with Gasteiger partial charge in [-0.1, -0.05) is 219 Å². The smallest absolute Gasteiger partial charge is 0.328 e. The van der Waals surface area contributed by atoms with E-state index in [1.165, 1.54) is 167 Å². The Morgan fingerprint density at radius 3 is 1.27 bits per heavy atom. The maximum atomic E-state index is 14.3. The van der Waals surface area contributed by atoms with Crippen LogP contribution in [0, 0.1) is 0 Å². The first-order chi connectivity index (χ1) is 34.7. The van der Waals surface area contributed by atoms with Crippen molar-refractivity contribution in [3.8, 4) is 0 Å². The van der Waals surface area contributed by atoms with Gasteiger partial charge in [0, 0.05) is 13.0 Å². The summed E-state index contributed by atoms with van der Waals surface area (Å²) in [6.07, 6.45) is 54.1. The van der Waals surface area contributed by atoms with Crippen LogP contribution in [0.1, 0.15) is 291 Å². The lowest BCUT2D eigenvalue weighted by atomic mass is 10.0. The molecule has 0 fully saturated rings. The van der Waals surface area contributed by atoms with Crippen LogP contribution >= 0.6 is 0 Å². The lowest BCUT2D eigenvalue weighted by Gasteiger charge is -2.25. The van der Waals surface area contributed by atoms with Crippen molar-refractivity contribution < 1.29 is 19.1 Å². The number of ether oxygens (including phenoxy) is 2. The predicted molar refractivity (Wildman–Crippen MR) is 306 cm³/mol. The number of nitrogens with one attached hydrogen (secondary N) is 2. The predicted octanol–water partition coefficient (Wildman–Crippen LogP) is 17.0. The van der Waals surface area contributed by atoms with Gasteiger partial charge in [-0.05, 0) is 111 Å². The van der Waals surface area contributed by atoms with Crippen LogP contribution in [-0.2, 0) is 19.1 Å². The Labute approximate surface area is 437 Å². The van der Waals surface area contributed by atoms with E-state index in [0.717, 1.165) is 90.0 Å². The molecule has 412 valence electrons. The Bertz CT molecular complexity index is 1510. The third-order valence-electron chi connectivity index (χ3n) is 14.2. The topological polar surface area (TPSA) is 114 Å². The van der Waals surface area contributed by atoms with Crippen LogP contribution in [0.2, 0.25) is 0 Å². The zero-order valence-electron chi connectivity index (χ0n) is 47.3. The second-order valence-electron chi connectivity index (χ2n) is 21.3. The summed E-state index contributed by atoms with van der Waals surface area (Å²) in [6.45, 7) is 10.3. The molecule has 0 spiro atoms. The highest BCUT2D eigenvalue weighted by Crippen LogP contribution is 2.23. The quantitative estimate of drug-likeness (QED) is 0.0285. The van der Waals surface area contributed by atoms with Crippen molar-refractivity contribution in [3.63, 3.8) is 0 Å².